The van der Waals surface area contributed by atoms with E-state index in [0.29, 0.717) is 9.99 Å². The van der Waals surface area contributed by atoms with Crippen molar-refractivity contribution in [3.05, 3.63) is 34.2 Å². The Hall–Kier alpha value is -1.36. The first-order valence-electron chi connectivity index (χ1n) is 4.18. The van der Waals surface area contributed by atoms with Crippen LogP contribution in [0.5, 0.6) is 0 Å². The van der Waals surface area contributed by atoms with Crippen LogP contribution in [0.25, 0.3) is 10.9 Å². The summed E-state index contributed by atoms with van der Waals surface area (Å²) >= 11 is 3.27. The third-order valence-electron chi connectivity index (χ3n) is 2.14. The van der Waals surface area contributed by atoms with Gasteiger partial charge in [0.25, 0.3) is 0 Å². The topological polar surface area (TPSA) is 42.1 Å². The molecule has 78 valence electrons. The monoisotopic (exact) mass is 271 g/mol. The van der Waals surface area contributed by atoms with Crippen LogP contribution in [0, 0.1) is 5.82 Å². The number of aromatic amines is 1. The zero-order valence-corrected chi connectivity index (χ0v) is 9.39. The van der Waals surface area contributed by atoms with Crippen molar-refractivity contribution in [1.82, 2.24) is 4.98 Å². The molecule has 0 saturated carbocycles. The summed E-state index contributed by atoms with van der Waals surface area (Å²) in [6.45, 7) is 0. The molecule has 15 heavy (non-hydrogen) atoms. The molecule has 0 aliphatic rings. The average Bonchev–Trinajstić information content (AvgIpc) is 2.68. The third-order valence-corrected chi connectivity index (χ3v) is 2.80. The molecule has 1 aromatic carbocycles. The second-order valence-corrected chi connectivity index (χ2v) is 3.83. The maximum atomic E-state index is 13.5. The Kier molecular flexibility index (Phi) is 2.48. The van der Waals surface area contributed by atoms with Gasteiger partial charge in [0.2, 0.25) is 0 Å². The van der Waals surface area contributed by atoms with Crippen LogP contribution in [0.15, 0.2) is 22.8 Å². The molecule has 0 spiro atoms. The SMILES string of the molecule is COC(=O)c1c[nH]c2c(Br)ccc(F)c12. The molecule has 1 heterocycles. The molecule has 1 aromatic heterocycles. The maximum Gasteiger partial charge on any atom is 0.340 e. The normalized spacial score (nSPS) is 10.6. The van der Waals surface area contributed by atoms with Crippen LogP contribution in [0.3, 0.4) is 0 Å². The van der Waals surface area contributed by atoms with Crippen molar-refractivity contribution < 1.29 is 13.9 Å². The van der Waals surface area contributed by atoms with Crippen molar-refractivity contribution >= 4 is 32.8 Å². The van der Waals surface area contributed by atoms with Gasteiger partial charge < -0.3 is 9.72 Å². The number of nitrogens with one attached hydrogen (secondary N) is 1. The molecule has 0 saturated heterocycles. The van der Waals surface area contributed by atoms with E-state index in [9.17, 15) is 9.18 Å². The van der Waals surface area contributed by atoms with Gasteiger partial charge in [0.1, 0.15) is 5.82 Å². The van der Waals surface area contributed by atoms with Crippen LogP contribution in [0.1, 0.15) is 10.4 Å². The second kappa shape index (κ2) is 3.66. The summed E-state index contributed by atoms with van der Waals surface area (Å²) < 4.78 is 18.8. The highest BCUT2D eigenvalue weighted by Gasteiger charge is 2.17. The van der Waals surface area contributed by atoms with Gasteiger partial charge in [-0.25, -0.2) is 9.18 Å². The van der Waals surface area contributed by atoms with E-state index >= 15 is 0 Å². The minimum absolute atomic E-state index is 0.200. The number of esters is 1. The van der Waals surface area contributed by atoms with Gasteiger partial charge >= 0.3 is 5.97 Å². The Morgan fingerprint density at radius 2 is 2.27 bits per heavy atom. The fourth-order valence-electron chi connectivity index (χ4n) is 1.44. The number of ether oxygens (including phenoxy) is 1. The van der Waals surface area contributed by atoms with E-state index in [1.807, 2.05) is 0 Å². The van der Waals surface area contributed by atoms with Crippen LogP contribution in [-0.2, 0) is 4.74 Å². The van der Waals surface area contributed by atoms with Gasteiger partial charge in [-0.3, -0.25) is 0 Å². The minimum atomic E-state index is -0.557. The Morgan fingerprint density at radius 3 is 2.93 bits per heavy atom. The standard InChI is InChI=1S/C10H7BrFNO2/c1-15-10(14)5-4-13-9-6(11)2-3-7(12)8(5)9/h2-4,13H,1H3. The minimum Gasteiger partial charge on any atom is -0.465 e. The molecule has 0 radical (unpaired) electrons. The summed E-state index contributed by atoms with van der Waals surface area (Å²) in [7, 11) is 1.26. The molecule has 0 aliphatic carbocycles. The van der Waals surface area contributed by atoms with Crippen LogP contribution < -0.4 is 0 Å². The number of benzene rings is 1. The van der Waals surface area contributed by atoms with Gasteiger partial charge in [-0.05, 0) is 28.1 Å². The van der Waals surface area contributed by atoms with E-state index in [2.05, 4.69) is 25.7 Å². The summed E-state index contributed by atoms with van der Waals surface area (Å²) in [5.41, 5.74) is 0.752. The number of hydrogen-bond acceptors (Lipinski definition) is 2. The third kappa shape index (κ3) is 1.52. The molecule has 5 heteroatoms. The Balaban J connectivity index is 2.79. The number of carbonyl (C=O) groups is 1. The van der Waals surface area contributed by atoms with Crippen molar-refractivity contribution in [1.29, 1.82) is 0 Å². The van der Waals surface area contributed by atoms with E-state index in [0.717, 1.165) is 0 Å². The molecule has 0 fully saturated rings. The molecule has 0 amide bonds. The molecule has 2 aromatic rings. The fraction of sp³-hybridized carbons (Fsp3) is 0.100. The average molecular weight is 272 g/mol. The van der Waals surface area contributed by atoms with Crippen molar-refractivity contribution in [2.45, 2.75) is 0 Å². The summed E-state index contributed by atoms with van der Waals surface area (Å²) in [5.74, 6) is -1.01. The van der Waals surface area contributed by atoms with E-state index in [4.69, 9.17) is 0 Å². The Labute approximate surface area is 93.4 Å². The number of fused-ring (bicyclic) bond motifs is 1. The molecule has 0 aliphatic heterocycles. The predicted octanol–water partition coefficient (Wildman–Crippen LogP) is 2.86. The van der Waals surface area contributed by atoms with Crippen molar-refractivity contribution in [2.24, 2.45) is 0 Å². The van der Waals surface area contributed by atoms with E-state index in [-0.39, 0.29) is 10.9 Å². The van der Waals surface area contributed by atoms with Gasteiger partial charge in [0, 0.05) is 10.7 Å². The van der Waals surface area contributed by atoms with Crippen LogP contribution in [0.2, 0.25) is 0 Å². The number of halogens is 2. The Morgan fingerprint density at radius 1 is 1.53 bits per heavy atom. The molecule has 2 rings (SSSR count). The van der Waals surface area contributed by atoms with Crippen molar-refractivity contribution in [3.63, 3.8) is 0 Å². The number of hydrogen-bond donors (Lipinski definition) is 1. The van der Waals surface area contributed by atoms with Gasteiger partial charge in [-0.2, -0.15) is 0 Å². The lowest BCUT2D eigenvalue weighted by Gasteiger charge is -1.99. The molecule has 3 nitrogen and oxygen atoms in total. The highest BCUT2D eigenvalue weighted by molar-refractivity contribution is 9.10. The number of carbonyl (C=O) groups excluding carboxylic acids is 1. The Bertz CT molecular complexity index is 535. The van der Waals surface area contributed by atoms with Gasteiger partial charge in [0.05, 0.1) is 23.6 Å². The van der Waals surface area contributed by atoms with Gasteiger partial charge in [-0.15, -0.1) is 0 Å². The summed E-state index contributed by atoms with van der Waals surface area (Å²) in [4.78, 5) is 14.2. The van der Waals surface area contributed by atoms with Gasteiger partial charge in [0.15, 0.2) is 0 Å². The highest BCUT2D eigenvalue weighted by atomic mass is 79.9. The molecule has 0 bridgehead atoms. The van der Waals surface area contributed by atoms with Crippen molar-refractivity contribution in [3.8, 4) is 0 Å². The summed E-state index contributed by atoms with van der Waals surface area (Å²) in [5, 5.41) is 0.247. The number of rotatable bonds is 1. The molecular weight excluding hydrogens is 265 g/mol. The quantitative estimate of drug-likeness (QED) is 0.811. The summed E-state index contributed by atoms with van der Waals surface area (Å²) in [6, 6.07) is 2.88. The first kappa shape index (κ1) is 10.2. The largest absolute Gasteiger partial charge is 0.465 e. The van der Waals surface area contributed by atoms with Crippen LogP contribution in [0.4, 0.5) is 4.39 Å². The molecule has 0 atom stereocenters. The molecule has 1 N–H and O–H groups in total. The number of H-pyrrole nitrogens is 1. The lowest BCUT2D eigenvalue weighted by atomic mass is 10.1. The maximum absolute atomic E-state index is 13.5. The lowest BCUT2D eigenvalue weighted by Crippen LogP contribution is -2.00. The number of aromatic nitrogens is 1. The summed E-state index contributed by atoms with van der Waals surface area (Å²) in [6.07, 6.45) is 1.43. The number of methoxy groups -OCH3 is 1. The zero-order valence-electron chi connectivity index (χ0n) is 7.80. The van der Waals surface area contributed by atoms with E-state index in [1.165, 1.54) is 19.4 Å². The highest BCUT2D eigenvalue weighted by Crippen LogP contribution is 2.28. The van der Waals surface area contributed by atoms with Crippen molar-refractivity contribution in [2.75, 3.05) is 7.11 Å². The van der Waals surface area contributed by atoms with Gasteiger partial charge in [-0.1, -0.05) is 0 Å². The predicted molar refractivity (Wildman–Crippen MR) is 57.3 cm³/mol. The smallest absolute Gasteiger partial charge is 0.340 e. The van der Waals surface area contributed by atoms with E-state index < -0.39 is 11.8 Å². The van der Waals surface area contributed by atoms with Crippen LogP contribution in [-0.4, -0.2) is 18.1 Å². The zero-order chi connectivity index (χ0) is 11.0. The lowest BCUT2D eigenvalue weighted by molar-refractivity contribution is 0.0603. The van der Waals surface area contributed by atoms with E-state index in [1.54, 1.807) is 6.07 Å². The first-order valence-corrected chi connectivity index (χ1v) is 4.98. The fourth-order valence-corrected chi connectivity index (χ4v) is 1.89. The molecular formula is C10H7BrFNO2. The molecule has 0 unspecified atom stereocenters. The second-order valence-electron chi connectivity index (χ2n) is 2.97. The van der Waals surface area contributed by atoms with Crippen LogP contribution >= 0.6 is 15.9 Å². The first-order chi connectivity index (χ1) is 7.15.